The van der Waals surface area contributed by atoms with Gasteiger partial charge in [0, 0.05) is 13.0 Å². The van der Waals surface area contributed by atoms with Crippen LogP contribution in [0.3, 0.4) is 0 Å². The van der Waals surface area contributed by atoms with Gasteiger partial charge in [-0.05, 0) is 22.9 Å². The lowest BCUT2D eigenvalue weighted by Crippen LogP contribution is -2.36. The van der Waals surface area contributed by atoms with Crippen molar-refractivity contribution in [2.45, 2.75) is 39.3 Å². The number of rotatable bonds is 6. The Kier molecular flexibility index (Phi) is 5.06. The van der Waals surface area contributed by atoms with Crippen molar-refractivity contribution in [2.75, 3.05) is 7.05 Å². The largest absolute Gasteiger partial charge is 0.339 e. The molecule has 0 bridgehead atoms. The molecule has 0 aliphatic heterocycles. The number of hydrogen-bond acceptors (Lipinski definition) is 7. The molecule has 0 unspecified atom stereocenters. The number of tetrazole rings is 1. The number of likely N-dealkylation sites (N-methyl/N-ethyl adjacent to an activating group) is 1. The topological polar surface area (TPSA) is 103 Å². The van der Waals surface area contributed by atoms with Gasteiger partial charge in [0.05, 0.1) is 6.54 Å². The highest BCUT2D eigenvalue weighted by atomic mass is 16.5. The summed E-state index contributed by atoms with van der Waals surface area (Å²) >= 11 is 0. The van der Waals surface area contributed by atoms with Crippen molar-refractivity contribution in [2.24, 2.45) is 0 Å². The molecule has 136 valence electrons. The number of aryl methyl sites for hydroxylation is 1. The summed E-state index contributed by atoms with van der Waals surface area (Å²) in [6, 6.07) is 8.75. The van der Waals surface area contributed by atoms with Gasteiger partial charge in [0.25, 0.3) is 5.91 Å². The van der Waals surface area contributed by atoms with Crippen LogP contribution in [0, 0.1) is 6.92 Å². The van der Waals surface area contributed by atoms with E-state index in [0.29, 0.717) is 17.5 Å². The van der Waals surface area contributed by atoms with E-state index in [0.717, 1.165) is 5.56 Å². The molecule has 0 spiro atoms. The highest BCUT2D eigenvalue weighted by Crippen LogP contribution is 2.21. The third-order valence-electron chi connectivity index (χ3n) is 3.98. The summed E-state index contributed by atoms with van der Waals surface area (Å²) in [6.45, 7) is 5.94. The monoisotopic (exact) mass is 355 g/mol. The van der Waals surface area contributed by atoms with E-state index >= 15 is 0 Å². The van der Waals surface area contributed by atoms with E-state index in [-0.39, 0.29) is 18.4 Å². The number of carbonyl (C=O) groups is 1. The van der Waals surface area contributed by atoms with Crippen LogP contribution in [0.4, 0.5) is 0 Å². The van der Waals surface area contributed by atoms with E-state index in [4.69, 9.17) is 4.52 Å². The van der Waals surface area contributed by atoms with Crippen molar-refractivity contribution in [1.29, 1.82) is 0 Å². The molecule has 0 fully saturated rings. The Morgan fingerprint density at radius 3 is 2.58 bits per heavy atom. The van der Waals surface area contributed by atoms with E-state index in [1.807, 2.05) is 44.2 Å². The maximum Gasteiger partial charge on any atom is 0.252 e. The van der Waals surface area contributed by atoms with Crippen LogP contribution in [0.25, 0.3) is 0 Å². The number of nitrogens with zero attached hydrogens (tertiary/aromatic N) is 7. The Bertz CT molecular complexity index is 872. The average molecular weight is 355 g/mol. The molecule has 2 heterocycles. The zero-order chi connectivity index (χ0) is 18.7. The van der Waals surface area contributed by atoms with Crippen LogP contribution in [0.15, 0.2) is 34.9 Å². The van der Waals surface area contributed by atoms with Gasteiger partial charge >= 0.3 is 0 Å². The first-order chi connectivity index (χ1) is 12.5. The summed E-state index contributed by atoms with van der Waals surface area (Å²) in [5, 5.41) is 15.5. The van der Waals surface area contributed by atoms with Crippen LogP contribution in [-0.4, -0.2) is 48.2 Å². The predicted molar refractivity (Wildman–Crippen MR) is 92.0 cm³/mol. The van der Waals surface area contributed by atoms with Crippen molar-refractivity contribution in [1.82, 2.24) is 35.2 Å². The molecule has 1 aromatic carbocycles. The minimum Gasteiger partial charge on any atom is -0.339 e. The maximum atomic E-state index is 13.2. The zero-order valence-electron chi connectivity index (χ0n) is 15.2. The molecule has 3 rings (SSSR count). The molecule has 2 aromatic heterocycles. The lowest BCUT2D eigenvalue weighted by atomic mass is 10.1. The molecule has 1 atom stereocenters. The van der Waals surface area contributed by atoms with E-state index in [2.05, 4.69) is 25.7 Å². The van der Waals surface area contributed by atoms with Crippen LogP contribution in [0.5, 0.6) is 0 Å². The first-order valence-corrected chi connectivity index (χ1v) is 8.34. The van der Waals surface area contributed by atoms with Gasteiger partial charge in [-0.1, -0.05) is 49.3 Å². The maximum absolute atomic E-state index is 13.2. The van der Waals surface area contributed by atoms with Gasteiger partial charge in [0.1, 0.15) is 5.82 Å². The van der Waals surface area contributed by atoms with Crippen molar-refractivity contribution in [3.8, 4) is 0 Å². The zero-order valence-corrected chi connectivity index (χ0v) is 15.2. The minimum absolute atomic E-state index is 0.137. The first kappa shape index (κ1) is 17.7. The lowest BCUT2D eigenvalue weighted by Gasteiger charge is -2.23. The SMILES string of the molecule is Cc1nnnn1[C@@H](C(=O)N(C)Cc1noc(C(C)C)n1)c1ccccc1. The summed E-state index contributed by atoms with van der Waals surface area (Å²) in [5.74, 6) is 1.55. The second kappa shape index (κ2) is 7.42. The second-order valence-electron chi connectivity index (χ2n) is 6.38. The molecule has 9 nitrogen and oxygen atoms in total. The van der Waals surface area contributed by atoms with Crippen LogP contribution in [-0.2, 0) is 11.3 Å². The fourth-order valence-electron chi connectivity index (χ4n) is 2.57. The van der Waals surface area contributed by atoms with Gasteiger partial charge in [0.2, 0.25) is 5.89 Å². The van der Waals surface area contributed by atoms with Crippen molar-refractivity contribution in [3.63, 3.8) is 0 Å². The number of benzene rings is 1. The molecule has 0 aliphatic rings. The van der Waals surface area contributed by atoms with Crippen LogP contribution < -0.4 is 0 Å². The van der Waals surface area contributed by atoms with Gasteiger partial charge in [0.15, 0.2) is 11.9 Å². The average Bonchev–Trinajstić information content (AvgIpc) is 3.26. The molecule has 1 amide bonds. The van der Waals surface area contributed by atoms with Crippen LogP contribution >= 0.6 is 0 Å². The molecule has 0 N–H and O–H groups in total. The van der Waals surface area contributed by atoms with Crippen LogP contribution in [0.1, 0.15) is 48.9 Å². The third kappa shape index (κ3) is 3.61. The Labute approximate surface area is 151 Å². The standard InChI is InChI=1S/C17H21N7O2/c1-11(2)16-18-14(20-26-16)10-23(4)17(25)15(13-8-6-5-7-9-13)24-12(3)19-21-22-24/h5-9,11,15H,10H2,1-4H3/t15-/m1/s1. The van der Waals surface area contributed by atoms with E-state index in [9.17, 15) is 4.79 Å². The number of carbonyl (C=O) groups excluding carboxylic acids is 1. The number of aromatic nitrogens is 6. The lowest BCUT2D eigenvalue weighted by molar-refractivity contribution is -0.133. The van der Waals surface area contributed by atoms with Gasteiger partial charge in [-0.2, -0.15) is 4.98 Å². The quantitative estimate of drug-likeness (QED) is 0.663. The Hall–Kier alpha value is -3.10. The van der Waals surface area contributed by atoms with Gasteiger partial charge in [-0.3, -0.25) is 4.79 Å². The fraction of sp³-hybridized carbons (Fsp3) is 0.412. The summed E-state index contributed by atoms with van der Waals surface area (Å²) in [7, 11) is 1.70. The third-order valence-corrected chi connectivity index (χ3v) is 3.98. The van der Waals surface area contributed by atoms with E-state index < -0.39 is 6.04 Å². The van der Waals surface area contributed by atoms with E-state index in [1.54, 1.807) is 18.9 Å². The fourth-order valence-corrected chi connectivity index (χ4v) is 2.57. The number of hydrogen-bond donors (Lipinski definition) is 0. The molecular formula is C17H21N7O2. The Morgan fingerprint density at radius 2 is 2.00 bits per heavy atom. The molecule has 0 saturated heterocycles. The number of amides is 1. The highest BCUT2D eigenvalue weighted by Gasteiger charge is 2.29. The summed E-state index contributed by atoms with van der Waals surface area (Å²) in [4.78, 5) is 19.0. The molecule has 26 heavy (non-hydrogen) atoms. The van der Waals surface area contributed by atoms with Crippen molar-refractivity contribution >= 4 is 5.91 Å². The van der Waals surface area contributed by atoms with Gasteiger partial charge in [-0.15, -0.1) is 5.10 Å². The molecule has 9 heteroatoms. The summed E-state index contributed by atoms with van der Waals surface area (Å²) < 4.78 is 6.72. The molecular weight excluding hydrogens is 334 g/mol. The molecule has 0 radical (unpaired) electrons. The second-order valence-corrected chi connectivity index (χ2v) is 6.38. The predicted octanol–water partition coefficient (Wildman–Crippen LogP) is 1.74. The van der Waals surface area contributed by atoms with Gasteiger partial charge < -0.3 is 9.42 Å². The summed E-state index contributed by atoms with van der Waals surface area (Å²) in [6.07, 6.45) is 0. The minimum atomic E-state index is -0.660. The van der Waals surface area contributed by atoms with Crippen LogP contribution in [0.2, 0.25) is 0 Å². The molecule has 0 saturated carbocycles. The van der Waals surface area contributed by atoms with Crippen molar-refractivity contribution < 1.29 is 9.32 Å². The Morgan fingerprint density at radius 1 is 1.27 bits per heavy atom. The normalized spacial score (nSPS) is 12.3. The van der Waals surface area contributed by atoms with Crippen molar-refractivity contribution in [3.05, 3.63) is 53.4 Å². The molecule has 3 aromatic rings. The molecule has 0 aliphatic carbocycles. The highest BCUT2D eigenvalue weighted by molar-refractivity contribution is 5.83. The Balaban J connectivity index is 1.86. The van der Waals surface area contributed by atoms with E-state index in [1.165, 1.54) is 4.68 Å². The van der Waals surface area contributed by atoms with Gasteiger partial charge in [-0.25, -0.2) is 4.68 Å². The smallest absolute Gasteiger partial charge is 0.252 e. The summed E-state index contributed by atoms with van der Waals surface area (Å²) in [5.41, 5.74) is 0.802. The first-order valence-electron chi connectivity index (χ1n) is 8.34.